The van der Waals surface area contributed by atoms with Crippen LogP contribution in [-0.4, -0.2) is 63.2 Å². The number of nitrogens with zero attached hydrogens (tertiary/aromatic N) is 2. The molecule has 0 rings (SSSR count). The molecule has 0 aliphatic heterocycles. The van der Waals surface area contributed by atoms with Crippen molar-refractivity contribution in [2.75, 3.05) is 47.4 Å². The van der Waals surface area contributed by atoms with Crippen LogP contribution >= 0.6 is 0 Å². The van der Waals surface area contributed by atoms with Gasteiger partial charge in [0.05, 0.1) is 13.7 Å². The van der Waals surface area contributed by atoms with Crippen molar-refractivity contribution in [1.82, 2.24) is 9.80 Å². The highest BCUT2D eigenvalue weighted by atomic mass is 16.5. The van der Waals surface area contributed by atoms with E-state index in [1.54, 1.807) is 0 Å². The Labute approximate surface area is 80.5 Å². The van der Waals surface area contributed by atoms with Gasteiger partial charge >= 0.3 is 5.97 Å². The molecule has 0 aliphatic rings. The van der Waals surface area contributed by atoms with E-state index in [0.717, 1.165) is 19.6 Å². The Balaban J connectivity index is 3.69. The largest absolute Gasteiger partial charge is 0.468 e. The molecule has 0 aromatic rings. The smallest absolute Gasteiger partial charge is 0.319 e. The van der Waals surface area contributed by atoms with Gasteiger partial charge in [0, 0.05) is 13.1 Å². The highest BCUT2D eigenvalue weighted by molar-refractivity contribution is 5.71. The SMILES string of the molecule is CCN(CCN(C)C)CC(=O)OC. The van der Waals surface area contributed by atoms with Gasteiger partial charge in [-0.25, -0.2) is 0 Å². The summed E-state index contributed by atoms with van der Waals surface area (Å²) in [6.07, 6.45) is 0. The summed E-state index contributed by atoms with van der Waals surface area (Å²) >= 11 is 0. The predicted molar refractivity (Wildman–Crippen MR) is 52.7 cm³/mol. The van der Waals surface area contributed by atoms with Gasteiger partial charge in [0.15, 0.2) is 0 Å². The van der Waals surface area contributed by atoms with Crippen molar-refractivity contribution in [2.45, 2.75) is 6.92 Å². The third-order valence-electron chi connectivity index (χ3n) is 1.89. The summed E-state index contributed by atoms with van der Waals surface area (Å²) < 4.78 is 4.60. The first-order valence-electron chi connectivity index (χ1n) is 4.54. The van der Waals surface area contributed by atoms with E-state index in [-0.39, 0.29) is 5.97 Å². The van der Waals surface area contributed by atoms with Crippen LogP contribution in [0.25, 0.3) is 0 Å². The van der Waals surface area contributed by atoms with Gasteiger partial charge in [0.2, 0.25) is 0 Å². The minimum absolute atomic E-state index is 0.166. The summed E-state index contributed by atoms with van der Waals surface area (Å²) in [5.74, 6) is -0.166. The molecule has 4 nitrogen and oxygen atoms in total. The lowest BCUT2D eigenvalue weighted by Gasteiger charge is -2.20. The molecule has 0 aromatic carbocycles. The molecular weight excluding hydrogens is 168 g/mol. The lowest BCUT2D eigenvalue weighted by molar-refractivity contribution is -0.141. The molecule has 0 unspecified atom stereocenters. The van der Waals surface area contributed by atoms with Crippen molar-refractivity contribution in [3.05, 3.63) is 0 Å². The number of ether oxygens (including phenoxy) is 1. The first-order chi connectivity index (χ1) is 6.10. The van der Waals surface area contributed by atoms with E-state index in [9.17, 15) is 4.79 Å². The van der Waals surface area contributed by atoms with Crippen LogP contribution in [0.4, 0.5) is 0 Å². The summed E-state index contributed by atoms with van der Waals surface area (Å²) in [6.45, 7) is 5.17. The number of hydrogen-bond donors (Lipinski definition) is 0. The Morgan fingerprint density at radius 3 is 2.31 bits per heavy atom. The van der Waals surface area contributed by atoms with Crippen LogP contribution in [0.1, 0.15) is 6.92 Å². The van der Waals surface area contributed by atoms with Crippen LogP contribution in [0, 0.1) is 0 Å². The molecule has 0 N–H and O–H groups in total. The lowest BCUT2D eigenvalue weighted by atomic mass is 10.4. The van der Waals surface area contributed by atoms with Crippen molar-refractivity contribution in [3.8, 4) is 0 Å². The fraction of sp³-hybridized carbons (Fsp3) is 0.889. The lowest BCUT2D eigenvalue weighted by Crippen LogP contribution is -2.35. The van der Waals surface area contributed by atoms with Gasteiger partial charge in [-0.3, -0.25) is 9.69 Å². The van der Waals surface area contributed by atoms with Gasteiger partial charge in [-0.1, -0.05) is 6.92 Å². The summed E-state index contributed by atoms with van der Waals surface area (Å²) in [7, 11) is 5.46. The normalized spacial score (nSPS) is 10.9. The Kier molecular flexibility index (Phi) is 6.54. The number of rotatable bonds is 6. The van der Waals surface area contributed by atoms with Crippen LogP contribution < -0.4 is 0 Å². The molecule has 0 atom stereocenters. The molecule has 4 heteroatoms. The fourth-order valence-electron chi connectivity index (χ4n) is 0.938. The van der Waals surface area contributed by atoms with Crippen molar-refractivity contribution in [1.29, 1.82) is 0 Å². The quantitative estimate of drug-likeness (QED) is 0.551. The average molecular weight is 188 g/mol. The van der Waals surface area contributed by atoms with Crippen LogP contribution in [-0.2, 0) is 9.53 Å². The number of hydrogen-bond acceptors (Lipinski definition) is 4. The van der Waals surface area contributed by atoms with Crippen LogP contribution in [0.15, 0.2) is 0 Å². The molecule has 0 bridgehead atoms. The maximum atomic E-state index is 10.9. The van der Waals surface area contributed by atoms with Gasteiger partial charge in [-0.05, 0) is 20.6 Å². The van der Waals surface area contributed by atoms with Gasteiger partial charge in [0.1, 0.15) is 0 Å². The Morgan fingerprint density at radius 1 is 1.31 bits per heavy atom. The molecule has 0 fully saturated rings. The zero-order valence-electron chi connectivity index (χ0n) is 9.04. The zero-order valence-corrected chi connectivity index (χ0v) is 9.04. The second kappa shape index (κ2) is 6.86. The van der Waals surface area contributed by atoms with Gasteiger partial charge in [-0.2, -0.15) is 0 Å². The van der Waals surface area contributed by atoms with Gasteiger partial charge in [-0.15, -0.1) is 0 Å². The minimum atomic E-state index is -0.166. The predicted octanol–water partition coefficient (Wildman–Crippen LogP) is 0.0429. The molecule has 0 spiro atoms. The summed E-state index contributed by atoms with van der Waals surface area (Å²) in [4.78, 5) is 15.1. The standard InChI is InChI=1S/C9H20N2O2/c1-5-11(7-6-10(2)3)8-9(12)13-4/h5-8H2,1-4H3. The molecule has 0 heterocycles. The van der Waals surface area contributed by atoms with E-state index in [0.29, 0.717) is 6.54 Å². The fourth-order valence-corrected chi connectivity index (χ4v) is 0.938. The molecular formula is C9H20N2O2. The van der Waals surface area contributed by atoms with Crippen LogP contribution in [0.2, 0.25) is 0 Å². The highest BCUT2D eigenvalue weighted by Gasteiger charge is 2.08. The first-order valence-corrected chi connectivity index (χ1v) is 4.54. The number of carbonyl (C=O) groups excluding carboxylic acids is 1. The number of esters is 1. The monoisotopic (exact) mass is 188 g/mol. The highest BCUT2D eigenvalue weighted by Crippen LogP contribution is 1.89. The summed E-state index contributed by atoms with van der Waals surface area (Å²) in [5, 5.41) is 0. The Bertz CT molecular complexity index is 149. The van der Waals surface area contributed by atoms with E-state index in [2.05, 4.69) is 14.5 Å². The third kappa shape index (κ3) is 6.54. The van der Waals surface area contributed by atoms with Crippen molar-refractivity contribution in [3.63, 3.8) is 0 Å². The van der Waals surface area contributed by atoms with Crippen molar-refractivity contribution >= 4 is 5.97 Å². The van der Waals surface area contributed by atoms with Gasteiger partial charge in [0.25, 0.3) is 0 Å². The molecule has 0 saturated heterocycles. The molecule has 0 saturated carbocycles. The number of methoxy groups -OCH3 is 1. The second-order valence-electron chi connectivity index (χ2n) is 3.25. The summed E-state index contributed by atoms with van der Waals surface area (Å²) in [5.41, 5.74) is 0. The van der Waals surface area contributed by atoms with E-state index in [1.807, 2.05) is 21.0 Å². The van der Waals surface area contributed by atoms with E-state index >= 15 is 0 Å². The van der Waals surface area contributed by atoms with E-state index in [1.165, 1.54) is 7.11 Å². The Hall–Kier alpha value is -0.610. The van der Waals surface area contributed by atoms with Crippen molar-refractivity contribution < 1.29 is 9.53 Å². The molecule has 13 heavy (non-hydrogen) atoms. The van der Waals surface area contributed by atoms with Gasteiger partial charge < -0.3 is 9.64 Å². The third-order valence-corrected chi connectivity index (χ3v) is 1.89. The van der Waals surface area contributed by atoms with Crippen molar-refractivity contribution in [2.24, 2.45) is 0 Å². The second-order valence-corrected chi connectivity index (χ2v) is 3.25. The van der Waals surface area contributed by atoms with E-state index in [4.69, 9.17) is 0 Å². The maximum Gasteiger partial charge on any atom is 0.319 e. The zero-order chi connectivity index (χ0) is 10.3. The number of carbonyl (C=O) groups is 1. The minimum Gasteiger partial charge on any atom is -0.468 e. The Morgan fingerprint density at radius 2 is 1.92 bits per heavy atom. The molecule has 78 valence electrons. The van der Waals surface area contributed by atoms with Crippen LogP contribution in [0.5, 0.6) is 0 Å². The average Bonchev–Trinajstić information content (AvgIpc) is 2.11. The van der Waals surface area contributed by atoms with Crippen LogP contribution in [0.3, 0.4) is 0 Å². The van der Waals surface area contributed by atoms with E-state index < -0.39 is 0 Å². The maximum absolute atomic E-state index is 10.9. The number of likely N-dealkylation sites (N-methyl/N-ethyl adjacent to an activating group) is 2. The molecule has 0 aromatic heterocycles. The topological polar surface area (TPSA) is 32.8 Å². The molecule has 0 radical (unpaired) electrons. The molecule has 0 aliphatic carbocycles. The summed E-state index contributed by atoms with van der Waals surface area (Å²) in [6, 6.07) is 0. The first kappa shape index (κ1) is 12.4. The molecule has 0 amide bonds.